The molecule has 0 saturated carbocycles. The van der Waals surface area contributed by atoms with Crippen LogP contribution in [0.4, 0.5) is 0 Å². The first-order chi connectivity index (χ1) is 15.1. The van der Waals surface area contributed by atoms with Gasteiger partial charge in [-0.2, -0.15) is 11.3 Å². The topological polar surface area (TPSA) is 66.5 Å². The fraction of sp³-hybridized carbons (Fsp3) is 0.240. The summed E-state index contributed by atoms with van der Waals surface area (Å²) in [6.07, 6.45) is 2.63. The molecule has 1 N–H and O–H groups in total. The Morgan fingerprint density at radius 1 is 0.839 bits per heavy atom. The van der Waals surface area contributed by atoms with Crippen molar-refractivity contribution in [1.29, 1.82) is 0 Å². The van der Waals surface area contributed by atoms with E-state index in [0.29, 0.717) is 37.1 Å². The predicted molar refractivity (Wildman–Crippen MR) is 122 cm³/mol. The van der Waals surface area contributed by atoms with Crippen molar-refractivity contribution in [2.45, 2.75) is 32.2 Å². The minimum Gasteiger partial charge on any atom is -0.352 e. The van der Waals surface area contributed by atoms with Crippen LogP contribution in [0.5, 0.6) is 0 Å². The lowest BCUT2D eigenvalue weighted by Gasteiger charge is -2.13. The van der Waals surface area contributed by atoms with Crippen LogP contribution >= 0.6 is 11.3 Å². The molecule has 2 heterocycles. The van der Waals surface area contributed by atoms with Gasteiger partial charge in [0.05, 0.1) is 11.1 Å². The third-order valence-corrected chi connectivity index (χ3v) is 6.17. The molecular formula is C25H24N2O3S. The van der Waals surface area contributed by atoms with E-state index >= 15 is 0 Å². The summed E-state index contributed by atoms with van der Waals surface area (Å²) in [5.41, 5.74) is 4.37. The van der Waals surface area contributed by atoms with Gasteiger partial charge in [0.2, 0.25) is 5.91 Å². The Morgan fingerprint density at radius 3 is 2.19 bits per heavy atom. The number of carbonyl (C=O) groups is 3. The van der Waals surface area contributed by atoms with Crippen LogP contribution in [0.2, 0.25) is 0 Å². The van der Waals surface area contributed by atoms with Crippen molar-refractivity contribution in [3.05, 3.63) is 82.0 Å². The van der Waals surface area contributed by atoms with Crippen LogP contribution < -0.4 is 5.32 Å². The van der Waals surface area contributed by atoms with Crippen molar-refractivity contribution in [3.8, 4) is 11.1 Å². The molecular weight excluding hydrogens is 408 g/mol. The molecule has 0 bridgehead atoms. The monoisotopic (exact) mass is 432 g/mol. The van der Waals surface area contributed by atoms with Crippen LogP contribution in [0.25, 0.3) is 11.1 Å². The second-order valence-electron chi connectivity index (χ2n) is 7.56. The third kappa shape index (κ3) is 4.75. The average Bonchev–Trinajstić information content (AvgIpc) is 3.41. The van der Waals surface area contributed by atoms with Gasteiger partial charge < -0.3 is 5.32 Å². The molecule has 6 heteroatoms. The minimum atomic E-state index is -0.220. The molecule has 2 aromatic carbocycles. The molecule has 1 aliphatic heterocycles. The summed E-state index contributed by atoms with van der Waals surface area (Å²) in [4.78, 5) is 38.3. The van der Waals surface area contributed by atoms with Crippen LogP contribution in [0, 0.1) is 0 Å². The first-order valence-corrected chi connectivity index (χ1v) is 11.4. The number of carbonyl (C=O) groups excluding carboxylic acids is 3. The second-order valence-corrected chi connectivity index (χ2v) is 8.34. The zero-order chi connectivity index (χ0) is 21.6. The van der Waals surface area contributed by atoms with Gasteiger partial charge in [0.1, 0.15) is 0 Å². The van der Waals surface area contributed by atoms with Gasteiger partial charge in [0, 0.05) is 19.5 Å². The van der Waals surface area contributed by atoms with Crippen molar-refractivity contribution >= 4 is 29.1 Å². The summed E-state index contributed by atoms with van der Waals surface area (Å²) in [5, 5.41) is 7.16. The normalized spacial score (nSPS) is 12.8. The van der Waals surface area contributed by atoms with E-state index in [2.05, 4.69) is 22.8 Å². The predicted octanol–water partition coefficient (Wildman–Crippen LogP) is 4.89. The number of hydrogen-bond donors (Lipinski definition) is 1. The van der Waals surface area contributed by atoms with Gasteiger partial charge in [-0.3, -0.25) is 19.3 Å². The van der Waals surface area contributed by atoms with Crippen molar-refractivity contribution in [1.82, 2.24) is 10.2 Å². The molecule has 158 valence electrons. The Hall–Kier alpha value is -3.25. The van der Waals surface area contributed by atoms with E-state index in [1.54, 1.807) is 35.6 Å². The molecule has 0 radical (unpaired) electrons. The molecule has 4 rings (SSSR count). The first kappa shape index (κ1) is 21.0. The van der Waals surface area contributed by atoms with Crippen molar-refractivity contribution in [2.24, 2.45) is 0 Å². The lowest BCUT2D eigenvalue weighted by atomic mass is 10.0. The van der Waals surface area contributed by atoms with Crippen LogP contribution in [-0.2, 0) is 11.3 Å². The molecule has 0 saturated heterocycles. The largest absolute Gasteiger partial charge is 0.352 e. The van der Waals surface area contributed by atoms with Gasteiger partial charge in [-0.1, -0.05) is 42.8 Å². The number of nitrogens with one attached hydrogen (secondary N) is 1. The molecule has 0 spiro atoms. The van der Waals surface area contributed by atoms with E-state index in [-0.39, 0.29) is 17.7 Å². The van der Waals surface area contributed by atoms with Gasteiger partial charge in [-0.25, -0.2) is 0 Å². The SMILES string of the molecule is O=C(CCCCCN1C(=O)c2ccccc2C1=O)NCc1ccccc1-c1ccsc1. The Labute approximate surface area is 185 Å². The lowest BCUT2D eigenvalue weighted by molar-refractivity contribution is -0.121. The Kier molecular flexibility index (Phi) is 6.57. The molecule has 0 atom stereocenters. The molecule has 5 nitrogen and oxygen atoms in total. The van der Waals surface area contributed by atoms with Gasteiger partial charge >= 0.3 is 0 Å². The number of nitrogens with zero attached hydrogens (tertiary/aromatic N) is 1. The van der Waals surface area contributed by atoms with E-state index in [9.17, 15) is 14.4 Å². The molecule has 0 fully saturated rings. The zero-order valence-electron chi connectivity index (χ0n) is 17.2. The Balaban J connectivity index is 1.19. The number of amides is 3. The highest BCUT2D eigenvalue weighted by atomic mass is 32.1. The molecule has 3 amide bonds. The maximum Gasteiger partial charge on any atom is 0.261 e. The minimum absolute atomic E-state index is 0.0147. The second kappa shape index (κ2) is 9.71. The highest BCUT2D eigenvalue weighted by molar-refractivity contribution is 7.08. The van der Waals surface area contributed by atoms with E-state index in [1.807, 2.05) is 23.6 Å². The molecule has 1 aromatic heterocycles. The van der Waals surface area contributed by atoms with E-state index in [0.717, 1.165) is 24.0 Å². The van der Waals surface area contributed by atoms with Crippen molar-refractivity contribution < 1.29 is 14.4 Å². The molecule has 1 aliphatic rings. The molecule has 31 heavy (non-hydrogen) atoms. The van der Waals surface area contributed by atoms with Crippen molar-refractivity contribution in [3.63, 3.8) is 0 Å². The highest BCUT2D eigenvalue weighted by Gasteiger charge is 2.34. The smallest absolute Gasteiger partial charge is 0.261 e. The number of benzene rings is 2. The Morgan fingerprint density at radius 2 is 1.52 bits per heavy atom. The molecule has 0 aliphatic carbocycles. The zero-order valence-corrected chi connectivity index (χ0v) is 18.0. The summed E-state index contributed by atoms with van der Waals surface area (Å²) in [6.45, 7) is 0.891. The summed E-state index contributed by atoms with van der Waals surface area (Å²) in [7, 11) is 0. The summed E-state index contributed by atoms with van der Waals surface area (Å²) >= 11 is 1.66. The van der Waals surface area contributed by atoms with Crippen LogP contribution in [0.3, 0.4) is 0 Å². The number of rotatable bonds is 9. The summed E-state index contributed by atoms with van der Waals surface area (Å²) in [5.74, 6) is -0.425. The van der Waals surface area contributed by atoms with Crippen LogP contribution in [0.15, 0.2) is 65.4 Å². The lowest BCUT2D eigenvalue weighted by Crippen LogP contribution is -2.30. The van der Waals surface area contributed by atoms with Gasteiger partial charge in [0.15, 0.2) is 0 Å². The maximum absolute atomic E-state index is 12.4. The molecule has 0 unspecified atom stereocenters. The van der Waals surface area contributed by atoms with E-state index in [1.165, 1.54) is 10.5 Å². The average molecular weight is 433 g/mol. The number of fused-ring (bicyclic) bond motifs is 1. The van der Waals surface area contributed by atoms with E-state index in [4.69, 9.17) is 0 Å². The quantitative estimate of drug-likeness (QED) is 0.387. The van der Waals surface area contributed by atoms with Gasteiger partial charge in [-0.15, -0.1) is 0 Å². The number of unbranched alkanes of at least 4 members (excludes halogenated alkanes) is 2. The molecule has 3 aromatic rings. The standard InChI is InChI=1S/C25H24N2O3S/c28-23(26-16-18-8-3-4-9-20(18)19-13-15-31-17-19)12-2-1-7-14-27-24(29)21-10-5-6-11-22(21)25(27)30/h3-6,8-11,13,15,17H,1-2,7,12,14,16H2,(H,26,28). The Bertz CT molecular complexity index is 1060. The summed E-state index contributed by atoms with van der Waals surface area (Å²) < 4.78 is 0. The van der Waals surface area contributed by atoms with Crippen LogP contribution in [0.1, 0.15) is 52.0 Å². The number of imide groups is 1. The third-order valence-electron chi connectivity index (χ3n) is 5.49. The highest BCUT2D eigenvalue weighted by Crippen LogP contribution is 2.26. The maximum atomic E-state index is 12.4. The van der Waals surface area contributed by atoms with Gasteiger partial charge in [-0.05, 0) is 58.5 Å². The first-order valence-electron chi connectivity index (χ1n) is 10.5. The van der Waals surface area contributed by atoms with Crippen molar-refractivity contribution in [2.75, 3.05) is 6.54 Å². The fourth-order valence-corrected chi connectivity index (χ4v) is 4.49. The summed E-state index contributed by atoms with van der Waals surface area (Å²) in [6, 6.07) is 17.1. The van der Waals surface area contributed by atoms with Crippen LogP contribution in [-0.4, -0.2) is 29.2 Å². The van der Waals surface area contributed by atoms with Gasteiger partial charge in [0.25, 0.3) is 11.8 Å². The number of thiophene rings is 1. The van der Waals surface area contributed by atoms with E-state index < -0.39 is 0 Å². The fourth-order valence-electron chi connectivity index (χ4n) is 3.83. The number of hydrogen-bond acceptors (Lipinski definition) is 4.